The third-order valence-electron chi connectivity index (χ3n) is 6.14. The van der Waals surface area contributed by atoms with Crippen molar-refractivity contribution >= 4 is 34.2 Å². The van der Waals surface area contributed by atoms with Gasteiger partial charge in [-0.1, -0.05) is 24.3 Å². The number of hydrogen-bond acceptors (Lipinski definition) is 4. The van der Waals surface area contributed by atoms with Crippen molar-refractivity contribution in [3.05, 3.63) is 65.4 Å². The van der Waals surface area contributed by atoms with Crippen LogP contribution in [0.25, 0.3) is 10.9 Å². The maximum absolute atomic E-state index is 13.7. The molecule has 10 heteroatoms. The first-order valence-electron chi connectivity index (χ1n) is 11.4. The topological polar surface area (TPSA) is 130 Å². The van der Waals surface area contributed by atoms with Crippen LogP contribution in [-0.2, 0) is 11.3 Å². The molecule has 0 unspecified atom stereocenters. The monoisotopic (exact) mass is 482 g/mol. The van der Waals surface area contributed by atoms with Crippen LogP contribution < -0.4 is 16.8 Å². The van der Waals surface area contributed by atoms with Crippen LogP contribution in [0.1, 0.15) is 40.9 Å². The Hall–Kier alpha value is -3.79. The number of piperidine rings is 1. The van der Waals surface area contributed by atoms with Gasteiger partial charge in [-0.25, -0.2) is 8.78 Å². The van der Waals surface area contributed by atoms with E-state index in [1.807, 2.05) is 12.1 Å². The van der Waals surface area contributed by atoms with E-state index >= 15 is 0 Å². The lowest BCUT2D eigenvalue weighted by Crippen LogP contribution is -2.43. The summed E-state index contributed by atoms with van der Waals surface area (Å²) in [4.78, 5) is 26.8. The number of amidine groups is 1. The van der Waals surface area contributed by atoms with Gasteiger partial charge in [0.15, 0.2) is 0 Å². The summed E-state index contributed by atoms with van der Waals surface area (Å²) in [5.74, 6) is -3.38. The summed E-state index contributed by atoms with van der Waals surface area (Å²) in [6, 6.07) is 14.2. The molecule has 4 rings (SSSR count). The van der Waals surface area contributed by atoms with Gasteiger partial charge in [0.05, 0.1) is 0 Å². The first-order chi connectivity index (χ1) is 16.7. The number of likely N-dealkylation sites (tertiary alicyclic amines) is 1. The van der Waals surface area contributed by atoms with Gasteiger partial charge in [0.1, 0.15) is 11.5 Å². The van der Waals surface area contributed by atoms with E-state index in [0.717, 1.165) is 10.9 Å². The van der Waals surface area contributed by atoms with Crippen LogP contribution in [0.15, 0.2) is 48.5 Å². The molecule has 0 bridgehead atoms. The highest BCUT2D eigenvalue weighted by molar-refractivity contribution is 6.02. The molecule has 0 spiro atoms. The average molecular weight is 483 g/mol. The number of carbonyl (C=O) groups excluding carboxylic acids is 2. The number of amides is 2. The van der Waals surface area contributed by atoms with Gasteiger partial charge in [-0.2, -0.15) is 0 Å². The predicted octanol–water partition coefficient (Wildman–Crippen LogP) is 3.13. The lowest BCUT2D eigenvalue weighted by atomic mass is 10.1. The van der Waals surface area contributed by atoms with E-state index in [1.54, 1.807) is 41.0 Å². The van der Waals surface area contributed by atoms with Crippen LogP contribution in [0, 0.1) is 5.41 Å². The Balaban J connectivity index is 1.71. The Morgan fingerprint density at radius 3 is 2.51 bits per heavy atom. The summed E-state index contributed by atoms with van der Waals surface area (Å²) in [6.45, 7) is 0.493. The second kappa shape index (κ2) is 9.83. The van der Waals surface area contributed by atoms with Crippen molar-refractivity contribution in [1.29, 1.82) is 5.41 Å². The summed E-state index contributed by atoms with van der Waals surface area (Å²) in [7, 11) is 0. The summed E-state index contributed by atoms with van der Waals surface area (Å²) in [5.41, 5.74) is 14.1. The maximum Gasteiger partial charge on any atom is 0.270 e. The van der Waals surface area contributed by atoms with E-state index in [0.29, 0.717) is 22.5 Å². The van der Waals surface area contributed by atoms with Crippen LogP contribution in [0.4, 0.5) is 14.5 Å². The standard InChI is InChI=1S/C25H28F2N6O2/c26-25(27)7-10-32(11-8-25)24(35)21-13-17-4-5-18(23(29)30)14-20(17)33(21)15-16-2-1-3-19(12-16)31-22(34)6-9-28/h1-5,12-14H,6-11,15,28H2,(H3,29,30)(H,31,34). The van der Waals surface area contributed by atoms with Crippen molar-refractivity contribution in [3.63, 3.8) is 0 Å². The zero-order valence-corrected chi connectivity index (χ0v) is 19.2. The van der Waals surface area contributed by atoms with Crippen LogP contribution in [0.5, 0.6) is 0 Å². The van der Waals surface area contributed by atoms with E-state index in [9.17, 15) is 18.4 Å². The van der Waals surface area contributed by atoms with Gasteiger partial charge >= 0.3 is 0 Å². The minimum Gasteiger partial charge on any atom is -0.384 e. The minimum atomic E-state index is -2.76. The molecule has 184 valence electrons. The fourth-order valence-corrected chi connectivity index (χ4v) is 4.25. The van der Waals surface area contributed by atoms with Crippen molar-refractivity contribution in [2.75, 3.05) is 25.0 Å². The Kier molecular flexibility index (Phi) is 6.83. The molecule has 1 aliphatic rings. The Morgan fingerprint density at radius 2 is 1.83 bits per heavy atom. The molecule has 35 heavy (non-hydrogen) atoms. The molecule has 8 nitrogen and oxygen atoms in total. The van der Waals surface area contributed by atoms with Gasteiger partial charge in [0.2, 0.25) is 5.91 Å². The van der Waals surface area contributed by atoms with Crippen LogP contribution in [-0.4, -0.2) is 52.7 Å². The van der Waals surface area contributed by atoms with E-state index < -0.39 is 5.92 Å². The molecule has 1 aromatic heterocycles. The predicted molar refractivity (Wildman–Crippen MR) is 131 cm³/mol. The number of rotatable bonds is 7. The van der Waals surface area contributed by atoms with Gasteiger partial charge in [-0.05, 0) is 29.8 Å². The molecule has 3 aromatic rings. The number of fused-ring (bicyclic) bond motifs is 1. The first-order valence-corrected chi connectivity index (χ1v) is 11.4. The van der Waals surface area contributed by atoms with Gasteiger partial charge in [-0.3, -0.25) is 15.0 Å². The van der Waals surface area contributed by atoms with E-state index in [-0.39, 0.29) is 63.1 Å². The second-order valence-electron chi connectivity index (χ2n) is 8.74. The molecule has 0 radical (unpaired) electrons. The molecule has 0 atom stereocenters. The largest absolute Gasteiger partial charge is 0.384 e. The maximum atomic E-state index is 13.7. The molecular weight excluding hydrogens is 454 g/mol. The zero-order valence-electron chi connectivity index (χ0n) is 19.2. The first kappa shape index (κ1) is 24.3. The van der Waals surface area contributed by atoms with Gasteiger partial charge < -0.3 is 26.3 Å². The fraction of sp³-hybridized carbons (Fsp3) is 0.320. The van der Waals surface area contributed by atoms with Crippen molar-refractivity contribution in [2.45, 2.75) is 31.7 Å². The number of nitrogens with two attached hydrogens (primary N) is 2. The molecule has 1 fully saturated rings. The molecule has 2 amide bonds. The highest BCUT2D eigenvalue weighted by Crippen LogP contribution is 2.30. The highest BCUT2D eigenvalue weighted by Gasteiger charge is 2.36. The Morgan fingerprint density at radius 1 is 1.09 bits per heavy atom. The van der Waals surface area contributed by atoms with Crippen molar-refractivity contribution in [3.8, 4) is 0 Å². The number of nitrogen functional groups attached to an aromatic ring is 1. The zero-order chi connectivity index (χ0) is 25.2. The lowest BCUT2D eigenvalue weighted by molar-refractivity contribution is -0.116. The molecule has 1 aliphatic heterocycles. The van der Waals surface area contributed by atoms with Crippen molar-refractivity contribution in [1.82, 2.24) is 9.47 Å². The molecule has 2 aromatic carbocycles. The molecule has 1 saturated heterocycles. The van der Waals surface area contributed by atoms with E-state index in [4.69, 9.17) is 16.9 Å². The second-order valence-corrected chi connectivity index (χ2v) is 8.74. The minimum absolute atomic E-state index is 0.0191. The number of anilines is 1. The number of hydrogen-bond donors (Lipinski definition) is 4. The molecule has 2 heterocycles. The summed E-state index contributed by atoms with van der Waals surface area (Å²) in [5, 5.41) is 11.4. The molecule has 0 aliphatic carbocycles. The Labute approximate surface area is 201 Å². The van der Waals surface area contributed by atoms with Gasteiger partial charge in [0.25, 0.3) is 11.8 Å². The number of aromatic nitrogens is 1. The molecule has 6 N–H and O–H groups in total. The average Bonchev–Trinajstić information content (AvgIpc) is 3.16. The van der Waals surface area contributed by atoms with E-state index in [1.165, 1.54) is 4.90 Å². The number of benzene rings is 2. The number of nitrogens with one attached hydrogen (secondary N) is 2. The third-order valence-corrected chi connectivity index (χ3v) is 6.14. The molecule has 0 saturated carbocycles. The quantitative estimate of drug-likeness (QED) is 0.304. The van der Waals surface area contributed by atoms with Crippen molar-refractivity contribution in [2.24, 2.45) is 11.5 Å². The number of carbonyl (C=O) groups is 2. The Bertz CT molecular complexity index is 1280. The molecular formula is C25H28F2N6O2. The number of nitrogens with zero attached hydrogens (tertiary/aromatic N) is 2. The normalized spacial score (nSPS) is 15.2. The summed E-state index contributed by atoms with van der Waals surface area (Å²) in [6.07, 6.45) is -0.524. The lowest BCUT2D eigenvalue weighted by Gasteiger charge is -2.32. The van der Waals surface area contributed by atoms with Crippen LogP contribution in [0.2, 0.25) is 0 Å². The summed E-state index contributed by atoms with van der Waals surface area (Å²) >= 11 is 0. The van der Waals surface area contributed by atoms with Gasteiger partial charge in [-0.15, -0.1) is 0 Å². The third kappa shape index (κ3) is 5.48. The fourth-order valence-electron chi connectivity index (χ4n) is 4.25. The van der Waals surface area contributed by atoms with Crippen LogP contribution in [0.3, 0.4) is 0 Å². The smallest absolute Gasteiger partial charge is 0.270 e. The highest BCUT2D eigenvalue weighted by atomic mass is 19.3. The van der Waals surface area contributed by atoms with Crippen LogP contribution >= 0.6 is 0 Å². The summed E-state index contributed by atoms with van der Waals surface area (Å²) < 4.78 is 29.1. The van der Waals surface area contributed by atoms with Crippen molar-refractivity contribution < 1.29 is 18.4 Å². The SMILES string of the molecule is N=C(N)c1ccc2cc(C(=O)N3CCC(F)(F)CC3)n(Cc3cccc(NC(=O)CCN)c3)c2c1. The van der Waals surface area contributed by atoms with E-state index in [2.05, 4.69) is 5.32 Å². The number of halogens is 2. The number of alkyl halides is 2. The van der Waals surface area contributed by atoms with Gasteiger partial charge in [0, 0.05) is 67.6 Å².